The van der Waals surface area contributed by atoms with Crippen LogP contribution in [0.25, 0.3) is 0 Å². The van der Waals surface area contributed by atoms with Crippen LogP contribution in [0, 0.1) is 5.92 Å². The first-order valence-corrected chi connectivity index (χ1v) is 5.99. The number of carbonyl (C=O) groups excluding carboxylic acids is 1. The Morgan fingerprint density at radius 1 is 1.35 bits per heavy atom. The molecule has 0 bridgehead atoms. The Balaban J connectivity index is 2.81. The summed E-state index contributed by atoms with van der Waals surface area (Å²) in [4.78, 5) is 11.6. The predicted molar refractivity (Wildman–Crippen MR) is 67.2 cm³/mol. The summed E-state index contributed by atoms with van der Waals surface area (Å²) < 4.78 is 37.7. The number of aliphatic hydroxyl groups is 1. The molecule has 7 heteroatoms. The number of aliphatic hydroxyl groups excluding tert-OH is 1. The van der Waals surface area contributed by atoms with Crippen molar-refractivity contribution in [2.75, 3.05) is 5.32 Å². The number of hydrogen-bond donors (Lipinski definition) is 3. The summed E-state index contributed by atoms with van der Waals surface area (Å²) in [6.07, 6.45) is -5.78. The Hall–Kier alpha value is -1.76. The van der Waals surface area contributed by atoms with Crippen molar-refractivity contribution in [3.8, 4) is 5.75 Å². The first kappa shape index (κ1) is 16.3. The van der Waals surface area contributed by atoms with Gasteiger partial charge in [0.2, 0.25) is 5.91 Å². The molecule has 0 heterocycles. The summed E-state index contributed by atoms with van der Waals surface area (Å²) in [6.45, 7) is 3.44. The van der Waals surface area contributed by atoms with Crippen molar-refractivity contribution in [2.24, 2.45) is 5.92 Å². The lowest BCUT2D eigenvalue weighted by Crippen LogP contribution is -2.23. The molecule has 112 valence electrons. The number of aromatic hydroxyl groups is 1. The van der Waals surface area contributed by atoms with E-state index in [0.717, 1.165) is 12.1 Å². The molecule has 0 radical (unpaired) electrons. The maximum absolute atomic E-state index is 12.6. The molecule has 3 N–H and O–H groups in total. The normalized spacial score (nSPS) is 13.3. The van der Waals surface area contributed by atoms with Gasteiger partial charge in [-0.05, 0) is 24.1 Å². The average Bonchev–Trinajstić information content (AvgIpc) is 2.29. The quantitative estimate of drug-likeness (QED) is 0.747. The second-order valence-corrected chi connectivity index (χ2v) is 4.79. The van der Waals surface area contributed by atoms with Crippen LogP contribution in [0.5, 0.6) is 5.75 Å². The number of phenols is 1. The summed E-state index contributed by atoms with van der Waals surface area (Å²) in [5.74, 6) is -1.63. The predicted octanol–water partition coefficient (Wildman–Crippen LogP) is 2.76. The van der Waals surface area contributed by atoms with Gasteiger partial charge in [0.25, 0.3) is 0 Å². The van der Waals surface area contributed by atoms with Gasteiger partial charge in [0.15, 0.2) is 0 Å². The fourth-order valence-electron chi connectivity index (χ4n) is 1.48. The summed E-state index contributed by atoms with van der Waals surface area (Å²) in [5.41, 5.74) is -1.31. The molecule has 0 fully saturated rings. The highest BCUT2D eigenvalue weighted by Crippen LogP contribution is 2.37. The van der Waals surface area contributed by atoms with Crippen LogP contribution >= 0.6 is 0 Å². The van der Waals surface area contributed by atoms with Gasteiger partial charge in [0.1, 0.15) is 5.75 Å². The molecule has 0 aliphatic carbocycles. The van der Waals surface area contributed by atoms with Gasteiger partial charge in [-0.3, -0.25) is 4.79 Å². The van der Waals surface area contributed by atoms with Crippen molar-refractivity contribution in [2.45, 2.75) is 32.5 Å². The monoisotopic (exact) mass is 291 g/mol. The molecule has 20 heavy (non-hydrogen) atoms. The third-order valence-corrected chi connectivity index (χ3v) is 2.75. The van der Waals surface area contributed by atoms with Crippen molar-refractivity contribution in [1.82, 2.24) is 0 Å². The number of anilines is 1. The zero-order valence-corrected chi connectivity index (χ0v) is 11.0. The number of phenolic OH excluding ortho intramolecular Hbond substituents is 1. The van der Waals surface area contributed by atoms with Crippen molar-refractivity contribution < 1.29 is 28.2 Å². The fourth-order valence-corrected chi connectivity index (χ4v) is 1.48. The van der Waals surface area contributed by atoms with Gasteiger partial charge in [-0.1, -0.05) is 13.8 Å². The molecule has 0 saturated carbocycles. The molecule has 0 aromatic heterocycles. The van der Waals surface area contributed by atoms with Crippen LogP contribution in [0.4, 0.5) is 18.9 Å². The number of alkyl halides is 3. The Morgan fingerprint density at radius 2 is 1.95 bits per heavy atom. The summed E-state index contributed by atoms with van der Waals surface area (Å²) >= 11 is 0. The maximum atomic E-state index is 12.6. The molecule has 0 saturated heterocycles. The number of rotatable bonds is 4. The molecule has 4 nitrogen and oxygen atoms in total. The average molecular weight is 291 g/mol. The number of halogens is 3. The van der Waals surface area contributed by atoms with Gasteiger partial charge in [-0.15, -0.1) is 0 Å². The number of benzene rings is 1. The van der Waals surface area contributed by atoms with Crippen molar-refractivity contribution >= 4 is 11.6 Å². The van der Waals surface area contributed by atoms with Crippen molar-refractivity contribution in [3.63, 3.8) is 0 Å². The fraction of sp³-hybridized carbons (Fsp3) is 0.462. The van der Waals surface area contributed by atoms with E-state index in [-0.39, 0.29) is 18.0 Å². The third kappa shape index (κ3) is 4.41. The van der Waals surface area contributed by atoms with E-state index >= 15 is 0 Å². The van der Waals surface area contributed by atoms with E-state index in [1.54, 1.807) is 13.8 Å². The standard InChI is InChI=1S/C13H16F3NO3/c1-7(2)11(19)6-12(20)17-8-3-4-10(18)9(5-8)13(14,15)16/h3-5,7,11,18-19H,6H2,1-2H3,(H,17,20)/t11-/m0/s1. The van der Waals surface area contributed by atoms with Gasteiger partial charge >= 0.3 is 6.18 Å². The SMILES string of the molecule is CC(C)[C@@H](O)CC(=O)Nc1ccc(O)c(C(F)(F)F)c1. The largest absolute Gasteiger partial charge is 0.507 e. The van der Waals surface area contributed by atoms with E-state index in [0.29, 0.717) is 6.07 Å². The topological polar surface area (TPSA) is 69.6 Å². The van der Waals surface area contributed by atoms with Crippen LogP contribution in [-0.4, -0.2) is 22.2 Å². The number of hydrogen-bond acceptors (Lipinski definition) is 3. The molecule has 0 unspecified atom stereocenters. The lowest BCUT2D eigenvalue weighted by atomic mass is 10.0. The smallest absolute Gasteiger partial charge is 0.420 e. The minimum Gasteiger partial charge on any atom is -0.507 e. The summed E-state index contributed by atoms with van der Waals surface area (Å²) in [7, 11) is 0. The third-order valence-electron chi connectivity index (χ3n) is 2.75. The van der Waals surface area contributed by atoms with Crippen LogP contribution in [0.3, 0.4) is 0 Å². The van der Waals surface area contributed by atoms with Gasteiger partial charge in [0.05, 0.1) is 18.1 Å². The minimum absolute atomic E-state index is 0.0870. The van der Waals surface area contributed by atoms with E-state index in [9.17, 15) is 23.1 Å². The van der Waals surface area contributed by atoms with Crippen molar-refractivity contribution in [3.05, 3.63) is 23.8 Å². The minimum atomic E-state index is -4.71. The molecule has 1 aromatic rings. The second kappa shape index (κ2) is 6.13. The molecule has 1 amide bonds. The van der Waals surface area contributed by atoms with Gasteiger partial charge in [-0.2, -0.15) is 13.2 Å². The molecule has 0 aliphatic heterocycles. The van der Waals surface area contributed by atoms with Crippen molar-refractivity contribution in [1.29, 1.82) is 0 Å². The van der Waals surface area contributed by atoms with Crippen LogP contribution in [0.1, 0.15) is 25.8 Å². The molecule has 1 atom stereocenters. The number of amides is 1. The van der Waals surface area contributed by atoms with E-state index < -0.39 is 29.5 Å². The molecule has 1 aromatic carbocycles. The Labute approximate surface area is 114 Å². The highest BCUT2D eigenvalue weighted by molar-refractivity contribution is 5.91. The van der Waals surface area contributed by atoms with Gasteiger partial charge in [-0.25, -0.2) is 0 Å². The Bertz CT molecular complexity index is 486. The van der Waals surface area contributed by atoms with Gasteiger partial charge < -0.3 is 15.5 Å². The van der Waals surface area contributed by atoms with E-state index in [1.807, 2.05) is 0 Å². The lowest BCUT2D eigenvalue weighted by Gasteiger charge is -2.15. The van der Waals surface area contributed by atoms with E-state index in [2.05, 4.69) is 5.32 Å². The number of nitrogens with one attached hydrogen (secondary N) is 1. The summed E-state index contributed by atoms with van der Waals surface area (Å²) in [6, 6.07) is 2.66. The summed E-state index contributed by atoms with van der Waals surface area (Å²) in [5, 5.41) is 20.9. The first-order chi connectivity index (χ1) is 9.11. The van der Waals surface area contributed by atoms with Crippen LogP contribution < -0.4 is 5.32 Å². The highest BCUT2D eigenvalue weighted by Gasteiger charge is 2.34. The first-order valence-electron chi connectivity index (χ1n) is 5.99. The number of carbonyl (C=O) groups is 1. The zero-order chi connectivity index (χ0) is 15.5. The van der Waals surface area contributed by atoms with Crippen LogP contribution in [-0.2, 0) is 11.0 Å². The molecule has 1 rings (SSSR count). The highest BCUT2D eigenvalue weighted by atomic mass is 19.4. The Morgan fingerprint density at radius 3 is 2.45 bits per heavy atom. The van der Waals surface area contributed by atoms with E-state index in [1.165, 1.54) is 0 Å². The van der Waals surface area contributed by atoms with E-state index in [4.69, 9.17) is 5.11 Å². The molecular formula is C13H16F3NO3. The molecule has 0 spiro atoms. The molecule has 0 aliphatic rings. The zero-order valence-electron chi connectivity index (χ0n) is 11.0. The molecular weight excluding hydrogens is 275 g/mol. The maximum Gasteiger partial charge on any atom is 0.420 e. The van der Waals surface area contributed by atoms with Crippen LogP contribution in [0.15, 0.2) is 18.2 Å². The Kier molecular flexibility index (Phi) is 4.99. The van der Waals surface area contributed by atoms with Gasteiger partial charge in [0, 0.05) is 5.69 Å². The van der Waals surface area contributed by atoms with Crippen LogP contribution in [0.2, 0.25) is 0 Å². The second-order valence-electron chi connectivity index (χ2n) is 4.79. The lowest BCUT2D eigenvalue weighted by molar-refractivity contribution is -0.138.